The lowest BCUT2D eigenvalue weighted by molar-refractivity contribution is -0.120. The fourth-order valence-electron chi connectivity index (χ4n) is 3.35. The number of hydrogen-bond donors (Lipinski definition) is 2. The third-order valence-corrected chi connectivity index (χ3v) is 5.80. The standard InChI is InChI=1S/C22H28N2OS/c1-17-9-11-19(12-10-17)22(20-8-5-15-26-20)24-16-21(25)23-14-13-18-6-3-2-4-7-18/h5-6,8-12,15,22,24H,2-4,7,13-14,16H2,1H3,(H,23,25)/t22-/m1/s1. The van der Waals surface area contributed by atoms with Gasteiger partial charge in [-0.25, -0.2) is 0 Å². The van der Waals surface area contributed by atoms with Gasteiger partial charge >= 0.3 is 0 Å². The molecule has 138 valence electrons. The minimum Gasteiger partial charge on any atom is -0.355 e. The van der Waals surface area contributed by atoms with E-state index in [-0.39, 0.29) is 11.9 Å². The lowest BCUT2D eigenvalue weighted by atomic mass is 9.97. The van der Waals surface area contributed by atoms with Gasteiger partial charge in [-0.2, -0.15) is 0 Å². The van der Waals surface area contributed by atoms with Crippen LogP contribution in [0.25, 0.3) is 0 Å². The van der Waals surface area contributed by atoms with Crippen LogP contribution in [-0.4, -0.2) is 19.0 Å². The summed E-state index contributed by atoms with van der Waals surface area (Å²) < 4.78 is 0. The fraction of sp³-hybridized carbons (Fsp3) is 0.409. The second kappa shape index (κ2) is 9.70. The molecule has 0 saturated heterocycles. The van der Waals surface area contributed by atoms with E-state index in [4.69, 9.17) is 0 Å². The predicted octanol–water partition coefficient (Wildman–Crippen LogP) is 4.74. The Kier molecular flexibility index (Phi) is 7.04. The van der Waals surface area contributed by atoms with Crippen LogP contribution < -0.4 is 10.6 Å². The average molecular weight is 369 g/mol. The van der Waals surface area contributed by atoms with Crippen molar-refractivity contribution < 1.29 is 4.79 Å². The number of allylic oxidation sites excluding steroid dienone is 1. The van der Waals surface area contributed by atoms with Crippen LogP contribution in [0, 0.1) is 6.92 Å². The Bertz CT molecular complexity index is 719. The molecule has 1 aromatic heterocycles. The highest BCUT2D eigenvalue weighted by atomic mass is 32.1. The van der Waals surface area contributed by atoms with E-state index in [1.165, 1.54) is 47.3 Å². The summed E-state index contributed by atoms with van der Waals surface area (Å²) in [5.41, 5.74) is 3.94. The molecule has 0 saturated carbocycles. The Labute approximate surface area is 160 Å². The zero-order valence-electron chi connectivity index (χ0n) is 15.5. The number of thiophene rings is 1. The van der Waals surface area contributed by atoms with Gasteiger partial charge in [-0.15, -0.1) is 11.3 Å². The molecule has 0 fully saturated rings. The Balaban J connectivity index is 1.51. The van der Waals surface area contributed by atoms with Crippen molar-refractivity contribution in [3.63, 3.8) is 0 Å². The van der Waals surface area contributed by atoms with Crippen LogP contribution in [0.2, 0.25) is 0 Å². The summed E-state index contributed by atoms with van der Waals surface area (Å²) in [6, 6.07) is 12.8. The average Bonchev–Trinajstić information content (AvgIpc) is 3.19. The van der Waals surface area contributed by atoms with Crippen LogP contribution in [0.4, 0.5) is 0 Å². The summed E-state index contributed by atoms with van der Waals surface area (Å²) in [5.74, 6) is 0.0649. The van der Waals surface area contributed by atoms with Gasteiger partial charge in [-0.3, -0.25) is 10.1 Å². The van der Waals surface area contributed by atoms with Gasteiger partial charge in [0.2, 0.25) is 5.91 Å². The zero-order chi connectivity index (χ0) is 18.2. The number of benzene rings is 1. The van der Waals surface area contributed by atoms with Gasteiger partial charge in [-0.1, -0.05) is 47.5 Å². The van der Waals surface area contributed by atoms with E-state index < -0.39 is 0 Å². The van der Waals surface area contributed by atoms with E-state index in [0.717, 1.165) is 13.0 Å². The molecule has 4 heteroatoms. The third kappa shape index (κ3) is 5.55. The van der Waals surface area contributed by atoms with Gasteiger partial charge < -0.3 is 5.32 Å². The number of aryl methyl sites for hydroxylation is 1. The van der Waals surface area contributed by atoms with Gasteiger partial charge in [0.15, 0.2) is 0 Å². The Morgan fingerprint density at radius 2 is 2.04 bits per heavy atom. The molecule has 0 unspecified atom stereocenters. The monoisotopic (exact) mass is 368 g/mol. The molecule has 26 heavy (non-hydrogen) atoms. The first-order chi connectivity index (χ1) is 12.7. The Morgan fingerprint density at radius 3 is 2.73 bits per heavy atom. The largest absolute Gasteiger partial charge is 0.355 e. The number of hydrogen-bond acceptors (Lipinski definition) is 3. The summed E-state index contributed by atoms with van der Waals surface area (Å²) in [4.78, 5) is 13.5. The molecule has 0 spiro atoms. The van der Waals surface area contributed by atoms with Crippen molar-refractivity contribution in [2.45, 2.75) is 45.1 Å². The molecular weight excluding hydrogens is 340 g/mol. The molecular formula is C22H28N2OS. The molecule has 0 bridgehead atoms. The van der Waals surface area contributed by atoms with E-state index >= 15 is 0 Å². The van der Waals surface area contributed by atoms with Gasteiger partial charge in [0.05, 0.1) is 12.6 Å². The van der Waals surface area contributed by atoms with Crippen molar-refractivity contribution in [1.29, 1.82) is 0 Å². The van der Waals surface area contributed by atoms with Crippen LogP contribution in [0.15, 0.2) is 53.4 Å². The number of rotatable bonds is 8. The molecule has 3 rings (SSSR count). The highest BCUT2D eigenvalue weighted by Gasteiger charge is 2.16. The Hall–Kier alpha value is -1.91. The first-order valence-electron chi connectivity index (χ1n) is 9.50. The topological polar surface area (TPSA) is 41.1 Å². The second-order valence-electron chi connectivity index (χ2n) is 6.95. The molecule has 1 atom stereocenters. The molecule has 2 aromatic rings. The maximum absolute atomic E-state index is 12.3. The van der Waals surface area contributed by atoms with Crippen LogP contribution in [-0.2, 0) is 4.79 Å². The van der Waals surface area contributed by atoms with E-state index in [2.05, 4.69) is 65.4 Å². The van der Waals surface area contributed by atoms with E-state index in [1.807, 2.05) is 0 Å². The fourth-order valence-corrected chi connectivity index (χ4v) is 4.18. The normalized spacial score (nSPS) is 15.3. The molecule has 2 N–H and O–H groups in total. The summed E-state index contributed by atoms with van der Waals surface area (Å²) in [5, 5.41) is 8.56. The lowest BCUT2D eigenvalue weighted by Gasteiger charge is -2.18. The minimum absolute atomic E-state index is 0.0578. The molecule has 1 aromatic carbocycles. The third-order valence-electron chi connectivity index (χ3n) is 4.86. The maximum atomic E-state index is 12.3. The highest BCUT2D eigenvalue weighted by Crippen LogP contribution is 2.26. The summed E-state index contributed by atoms with van der Waals surface area (Å²) >= 11 is 1.72. The first kappa shape index (κ1) is 18.9. The number of carbonyl (C=O) groups excluding carboxylic acids is 1. The van der Waals surface area contributed by atoms with Crippen molar-refractivity contribution in [2.75, 3.05) is 13.1 Å². The van der Waals surface area contributed by atoms with Gasteiger partial charge in [-0.05, 0) is 56.0 Å². The Morgan fingerprint density at radius 1 is 1.19 bits per heavy atom. The van der Waals surface area contributed by atoms with Crippen LogP contribution in [0.5, 0.6) is 0 Å². The minimum atomic E-state index is 0.0578. The van der Waals surface area contributed by atoms with E-state index in [1.54, 1.807) is 11.3 Å². The highest BCUT2D eigenvalue weighted by molar-refractivity contribution is 7.10. The SMILES string of the molecule is Cc1ccc([C@@H](NCC(=O)NCCC2=CCCCC2)c2cccs2)cc1. The van der Waals surface area contributed by atoms with Crippen LogP contribution >= 0.6 is 11.3 Å². The molecule has 0 aliphatic heterocycles. The van der Waals surface area contributed by atoms with Crippen molar-refractivity contribution in [1.82, 2.24) is 10.6 Å². The van der Waals surface area contributed by atoms with Gasteiger partial charge in [0, 0.05) is 11.4 Å². The zero-order valence-corrected chi connectivity index (χ0v) is 16.3. The van der Waals surface area contributed by atoms with E-state index in [0.29, 0.717) is 6.54 Å². The van der Waals surface area contributed by atoms with Crippen molar-refractivity contribution in [2.24, 2.45) is 0 Å². The molecule has 1 aliphatic carbocycles. The summed E-state index contributed by atoms with van der Waals surface area (Å²) in [6.07, 6.45) is 8.32. The number of carbonyl (C=O) groups is 1. The summed E-state index contributed by atoms with van der Waals surface area (Å²) in [7, 11) is 0. The molecule has 1 heterocycles. The van der Waals surface area contributed by atoms with E-state index in [9.17, 15) is 4.79 Å². The van der Waals surface area contributed by atoms with Crippen LogP contribution in [0.1, 0.15) is 54.1 Å². The number of nitrogens with one attached hydrogen (secondary N) is 2. The first-order valence-corrected chi connectivity index (χ1v) is 10.4. The maximum Gasteiger partial charge on any atom is 0.233 e. The predicted molar refractivity (Wildman–Crippen MR) is 110 cm³/mol. The molecule has 1 amide bonds. The van der Waals surface area contributed by atoms with Gasteiger partial charge in [0.25, 0.3) is 0 Å². The van der Waals surface area contributed by atoms with Crippen molar-refractivity contribution in [3.8, 4) is 0 Å². The lowest BCUT2D eigenvalue weighted by Crippen LogP contribution is -2.36. The van der Waals surface area contributed by atoms with Crippen LogP contribution in [0.3, 0.4) is 0 Å². The molecule has 3 nitrogen and oxygen atoms in total. The molecule has 0 radical (unpaired) electrons. The number of amides is 1. The summed E-state index contributed by atoms with van der Waals surface area (Å²) in [6.45, 7) is 3.16. The van der Waals surface area contributed by atoms with Crippen molar-refractivity contribution in [3.05, 3.63) is 69.4 Å². The molecule has 1 aliphatic rings. The van der Waals surface area contributed by atoms with Gasteiger partial charge in [0.1, 0.15) is 0 Å². The quantitative estimate of drug-likeness (QED) is 0.661. The smallest absolute Gasteiger partial charge is 0.233 e. The second-order valence-corrected chi connectivity index (χ2v) is 7.93. The van der Waals surface area contributed by atoms with Crippen molar-refractivity contribution >= 4 is 17.2 Å².